The smallest absolute Gasteiger partial charge is 0.218 e. The minimum atomic E-state index is 0.457. The van der Waals surface area contributed by atoms with Crippen molar-refractivity contribution in [2.24, 2.45) is 5.73 Å². The summed E-state index contributed by atoms with van der Waals surface area (Å²) in [7, 11) is 3.61. The first kappa shape index (κ1) is 12.7. The second kappa shape index (κ2) is 6.97. The molecule has 0 saturated heterocycles. The molecule has 6 heteroatoms. The van der Waals surface area contributed by atoms with Gasteiger partial charge in [0.1, 0.15) is 18.8 Å². The van der Waals surface area contributed by atoms with Crippen LogP contribution in [0.4, 0.5) is 5.82 Å². The highest BCUT2D eigenvalue weighted by molar-refractivity contribution is 5.39. The Morgan fingerprint density at radius 1 is 1.38 bits per heavy atom. The number of likely N-dealkylation sites (N-methyl/N-ethyl adjacent to an activating group) is 1. The third kappa shape index (κ3) is 4.00. The van der Waals surface area contributed by atoms with Gasteiger partial charge in [0, 0.05) is 33.3 Å². The van der Waals surface area contributed by atoms with Crippen LogP contribution in [0.2, 0.25) is 0 Å². The van der Waals surface area contributed by atoms with Crippen molar-refractivity contribution in [2.45, 2.75) is 0 Å². The molecule has 0 fully saturated rings. The lowest BCUT2D eigenvalue weighted by atomic mass is 10.5. The zero-order valence-corrected chi connectivity index (χ0v) is 9.72. The summed E-state index contributed by atoms with van der Waals surface area (Å²) in [5.41, 5.74) is 5.34. The fourth-order valence-corrected chi connectivity index (χ4v) is 1.12. The average Bonchev–Trinajstić information content (AvgIpc) is 2.33. The van der Waals surface area contributed by atoms with Crippen molar-refractivity contribution in [1.29, 1.82) is 0 Å². The zero-order valence-electron chi connectivity index (χ0n) is 9.72. The maximum Gasteiger partial charge on any atom is 0.218 e. The fraction of sp³-hybridized carbons (Fsp3) is 0.600. The number of ether oxygens (including phenoxy) is 2. The van der Waals surface area contributed by atoms with Gasteiger partial charge >= 0.3 is 0 Å². The number of hydrogen-bond donors (Lipinski definition) is 1. The molecule has 2 N–H and O–H groups in total. The van der Waals surface area contributed by atoms with Crippen LogP contribution < -0.4 is 15.4 Å². The number of nitrogens with two attached hydrogens (primary N) is 1. The third-order valence-electron chi connectivity index (χ3n) is 2.02. The van der Waals surface area contributed by atoms with E-state index in [9.17, 15) is 0 Å². The lowest BCUT2D eigenvalue weighted by molar-refractivity contribution is 0.206. The predicted octanol–water partition coefficient (Wildman–Crippen LogP) is -0.103. The van der Waals surface area contributed by atoms with Crippen LogP contribution in [-0.2, 0) is 4.74 Å². The van der Waals surface area contributed by atoms with E-state index in [-0.39, 0.29) is 0 Å². The first-order valence-electron chi connectivity index (χ1n) is 5.13. The van der Waals surface area contributed by atoms with Crippen molar-refractivity contribution in [3.8, 4) is 5.88 Å². The Labute approximate surface area is 95.4 Å². The van der Waals surface area contributed by atoms with Crippen LogP contribution in [0.5, 0.6) is 5.88 Å². The van der Waals surface area contributed by atoms with Crippen molar-refractivity contribution >= 4 is 5.82 Å². The summed E-state index contributed by atoms with van der Waals surface area (Å²) in [5, 5.41) is 0. The minimum Gasteiger partial charge on any atom is -0.476 e. The number of hydrogen-bond acceptors (Lipinski definition) is 6. The number of nitrogens with zero attached hydrogens (tertiary/aromatic N) is 3. The van der Waals surface area contributed by atoms with Gasteiger partial charge < -0.3 is 20.1 Å². The predicted molar refractivity (Wildman–Crippen MR) is 61.7 cm³/mol. The van der Waals surface area contributed by atoms with E-state index < -0.39 is 0 Å². The van der Waals surface area contributed by atoms with Crippen LogP contribution in [0.1, 0.15) is 0 Å². The number of aromatic nitrogens is 2. The largest absolute Gasteiger partial charge is 0.476 e. The van der Waals surface area contributed by atoms with Gasteiger partial charge in [0.05, 0.1) is 6.61 Å². The van der Waals surface area contributed by atoms with Crippen molar-refractivity contribution in [3.05, 3.63) is 12.4 Å². The number of rotatable bonds is 7. The molecule has 0 unspecified atom stereocenters. The van der Waals surface area contributed by atoms with E-state index in [1.165, 1.54) is 6.33 Å². The molecule has 6 nitrogen and oxygen atoms in total. The van der Waals surface area contributed by atoms with Crippen LogP contribution in [0.25, 0.3) is 0 Å². The van der Waals surface area contributed by atoms with E-state index in [1.54, 1.807) is 13.2 Å². The Morgan fingerprint density at radius 2 is 2.19 bits per heavy atom. The second-order valence-corrected chi connectivity index (χ2v) is 3.27. The molecule has 0 amide bonds. The summed E-state index contributed by atoms with van der Waals surface area (Å²) in [6.07, 6.45) is 1.48. The maximum absolute atomic E-state index is 5.34. The SMILES string of the molecule is COCCN(C)c1cc(OCCN)ncn1. The van der Waals surface area contributed by atoms with Crippen molar-refractivity contribution < 1.29 is 9.47 Å². The molecule has 0 spiro atoms. The Hall–Kier alpha value is -1.40. The molecule has 1 aromatic rings. The van der Waals surface area contributed by atoms with Crippen LogP contribution in [-0.4, -0.2) is 50.4 Å². The molecule has 1 aromatic heterocycles. The topological polar surface area (TPSA) is 73.5 Å². The molecule has 1 heterocycles. The van der Waals surface area contributed by atoms with Crippen molar-refractivity contribution in [2.75, 3.05) is 45.4 Å². The Kier molecular flexibility index (Phi) is 5.52. The molecule has 0 aliphatic heterocycles. The lowest BCUT2D eigenvalue weighted by Gasteiger charge is -2.17. The standard InChI is InChI=1S/C10H18N4O2/c1-14(4-6-15-2)9-7-10(13-8-12-9)16-5-3-11/h7-8H,3-6,11H2,1-2H3. The Morgan fingerprint density at radius 3 is 2.88 bits per heavy atom. The molecule has 0 bridgehead atoms. The van der Waals surface area contributed by atoms with E-state index in [0.717, 1.165) is 12.4 Å². The van der Waals surface area contributed by atoms with Gasteiger partial charge in [0.2, 0.25) is 5.88 Å². The van der Waals surface area contributed by atoms with E-state index in [1.807, 2.05) is 11.9 Å². The van der Waals surface area contributed by atoms with E-state index in [4.69, 9.17) is 15.2 Å². The molecule has 0 saturated carbocycles. The van der Waals surface area contributed by atoms with Gasteiger partial charge in [-0.25, -0.2) is 9.97 Å². The monoisotopic (exact) mass is 226 g/mol. The highest BCUT2D eigenvalue weighted by Gasteiger charge is 2.04. The number of methoxy groups -OCH3 is 1. The summed E-state index contributed by atoms with van der Waals surface area (Å²) in [6.45, 7) is 2.35. The first-order chi connectivity index (χ1) is 7.77. The zero-order chi connectivity index (χ0) is 11.8. The Bertz CT molecular complexity index is 309. The highest BCUT2D eigenvalue weighted by atomic mass is 16.5. The summed E-state index contributed by atoms with van der Waals surface area (Å²) in [6, 6.07) is 1.78. The molecule has 1 rings (SSSR count). The van der Waals surface area contributed by atoms with Crippen molar-refractivity contribution in [3.63, 3.8) is 0 Å². The maximum atomic E-state index is 5.34. The van der Waals surface area contributed by atoms with E-state index >= 15 is 0 Å². The van der Waals surface area contributed by atoms with Gasteiger partial charge in [-0.2, -0.15) is 0 Å². The summed E-state index contributed by atoms with van der Waals surface area (Å²) >= 11 is 0. The van der Waals surface area contributed by atoms with Gasteiger partial charge in [-0.3, -0.25) is 0 Å². The molecule has 0 aliphatic carbocycles. The van der Waals surface area contributed by atoms with Crippen LogP contribution in [0, 0.1) is 0 Å². The lowest BCUT2D eigenvalue weighted by Crippen LogP contribution is -2.23. The Balaban J connectivity index is 2.58. The van der Waals surface area contributed by atoms with Crippen molar-refractivity contribution in [1.82, 2.24) is 9.97 Å². The van der Waals surface area contributed by atoms with Gasteiger partial charge in [-0.05, 0) is 0 Å². The van der Waals surface area contributed by atoms with E-state index in [0.29, 0.717) is 25.6 Å². The van der Waals surface area contributed by atoms with Gasteiger partial charge in [0.15, 0.2) is 0 Å². The summed E-state index contributed by atoms with van der Waals surface area (Å²) in [4.78, 5) is 10.1. The van der Waals surface area contributed by atoms with Gasteiger partial charge in [-0.15, -0.1) is 0 Å². The fourth-order valence-electron chi connectivity index (χ4n) is 1.12. The van der Waals surface area contributed by atoms with Gasteiger partial charge in [-0.1, -0.05) is 0 Å². The average molecular weight is 226 g/mol. The normalized spacial score (nSPS) is 10.2. The number of anilines is 1. The molecule has 0 aromatic carbocycles. The first-order valence-corrected chi connectivity index (χ1v) is 5.13. The van der Waals surface area contributed by atoms with Gasteiger partial charge in [0.25, 0.3) is 0 Å². The van der Waals surface area contributed by atoms with Crippen LogP contribution in [0.15, 0.2) is 12.4 Å². The molecule has 0 aliphatic rings. The highest BCUT2D eigenvalue weighted by Crippen LogP contribution is 2.13. The molecule has 0 atom stereocenters. The molecule has 0 radical (unpaired) electrons. The van der Waals surface area contributed by atoms with E-state index in [2.05, 4.69) is 9.97 Å². The molecular formula is C10H18N4O2. The minimum absolute atomic E-state index is 0.457. The third-order valence-corrected chi connectivity index (χ3v) is 2.02. The summed E-state index contributed by atoms with van der Waals surface area (Å²) < 4.78 is 10.3. The second-order valence-electron chi connectivity index (χ2n) is 3.27. The summed E-state index contributed by atoms with van der Waals surface area (Å²) in [5.74, 6) is 1.35. The van der Waals surface area contributed by atoms with Crippen LogP contribution >= 0.6 is 0 Å². The van der Waals surface area contributed by atoms with Crippen LogP contribution in [0.3, 0.4) is 0 Å². The molecule has 90 valence electrons. The quantitative estimate of drug-likeness (QED) is 0.699. The molecule has 16 heavy (non-hydrogen) atoms. The molecular weight excluding hydrogens is 208 g/mol.